The number of halogens is 1. The van der Waals surface area contributed by atoms with Crippen LogP contribution in [0.5, 0.6) is 5.75 Å². The lowest BCUT2D eigenvalue weighted by Crippen LogP contribution is -2.24. The van der Waals surface area contributed by atoms with E-state index in [-0.39, 0.29) is 24.1 Å². The summed E-state index contributed by atoms with van der Waals surface area (Å²) in [5, 5.41) is 10.4. The summed E-state index contributed by atoms with van der Waals surface area (Å²) in [6.45, 7) is 1.86. The fourth-order valence-electron chi connectivity index (χ4n) is 2.75. The molecule has 3 aromatic rings. The van der Waals surface area contributed by atoms with Crippen molar-refractivity contribution in [2.24, 2.45) is 0 Å². The number of fused-ring (bicyclic) bond motifs is 1. The van der Waals surface area contributed by atoms with Crippen LogP contribution in [-0.2, 0) is 11.3 Å². The molecule has 128 valence electrons. The molecule has 1 aromatic heterocycles. The van der Waals surface area contributed by atoms with Crippen LogP contribution in [-0.4, -0.2) is 22.2 Å². The Hall–Kier alpha value is -3.15. The number of benzene rings is 2. The third-order valence-corrected chi connectivity index (χ3v) is 3.87. The molecule has 0 atom stereocenters. The van der Waals surface area contributed by atoms with Gasteiger partial charge in [-0.25, -0.2) is 9.18 Å². The third kappa shape index (κ3) is 3.10. The maximum Gasteiger partial charge on any atom is 0.342 e. The zero-order chi connectivity index (χ0) is 18.0. The second-order valence-corrected chi connectivity index (χ2v) is 5.48. The van der Waals surface area contributed by atoms with Gasteiger partial charge in [-0.15, -0.1) is 0 Å². The van der Waals surface area contributed by atoms with E-state index in [1.165, 1.54) is 16.7 Å². The number of ether oxygens (including phenoxy) is 1. The Kier molecular flexibility index (Phi) is 4.52. The van der Waals surface area contributed by atoms with Gasteiger partial charge in [0, 0.05) is 5.39 Å². The fourth-order valence-corrected chi connectivity index (χ4v) is 2.75. The van der Waals surface area contributed by atoms with Gasteiger partial charge in [-0.1, -0.05) is 30.3 Å². The number of carbonyl (C=O) groups excluding carboxylic acids is 1. The summed E-state index contributed by atoms with van der Waals surface area (Å²) < 4.78 is 19.9. The molecule has 0 amide bonds. The quantitative estimate of drug-likeness (QED) is 0.741. The Morgan fingerprint density at radius 1 is 1.20 bits per heavy atom. The standard InChI is InChI=1S/C19H16FNO4/c1-2-25-19(24)16-14-10-13(20)8-9-15(14)21(18(23)17(16)22)11-12-6-4-3-5-7-12/h3-10,22H,2,11H2,1H3. The van der Waals surface area contributed by atoms with E-state index in [1.807, 2.05) is 30.3 Å². The van der Waals surface area contributed by atoms with Gasteiger partial charge in [0.1, 0.15) is 11.4 Å². The number of rotatable bonds is 4. The average Bonchev–Trinajstić information content (AvgIpc) is 2.60. The van der Waals surface area contributed by atoms with Crippen molar-refractivity contribution in [3.63, 3.8) is 0 Å². The number of pyridine rings is 1. The Morgan fingerprint density at radius 3 is 2.60 bits per heavy atom. The van der Waals surface area contributed by atoms with E-state index < -0.39 is 23.1 Å². The number of hydrogen-bond donors (Lipinski definition) is 1. The largest absolute Gasteiger partial charge is 0.502 e. The lowest BCUT2D eigenvalue weighted by atomic mass is 10.1. The Labute approximate surface area is 142 Å². The smallest absolute Gasteiger partial charge is 0.342 e. The number of aromatic hydroxyl groups is 1. The summed E-state index contributed by atoms with van der Waals surface area (Å²) in [7, 11) is 0. The van der Waals surface area contributed by atoms with E-state index in [2.05, 4.69) is 0 Å². The zero-order valence-electron chi connectivity index (χ0n) is 13.5. The molecular formula is C19H16FNO4. The highest BCUT2D eigenvalue weighted by molar-refractivity contribution is 6.05. The molecule has 0 saturated heterocycles. The number of carbonyl (C=O) groups is 1. The zero-order valence-corrected chi connectivity index (χ0v) is 13.5. The van der Waals surface area contributed by atoms with Crippen LogP contribution in [0.25, 0.3) is 10.9 Å². The van der Waals surface area contributed by atoms with Crippen molar-refractivity contribution in [1.29, 1.82) is 0 Å². The van der Waals surface area contributed by atoms with Crippen LogP contribution in [0.15, 0.2) is 53.3 Å². The Bertz CT molecular complexity index is 996. The molecule has 0 fully saturated rings. The van der Waals surface area contributed by atoms with Crippen molar-refractivity contribution in [1.82, 2.24) is 4.57 Å². The van der Waals surface area contributed by atoms with Crippen LogP contribution in [0.1, 0.15) is 22.8 Å². The fraction of sp³-hybridized carbons (Fsp3) is 0.158. The summed E-state index contributed by atoms with van der Waals surface area (Å²) >= 11 is 0. The van der Waals surface area contributed by atoms with E-state index in [0.717, 1.165) is 11.6 Å². The van der Waals surface area contributed by atoms with Gasteiger partial charge in [0.05, 0.1) is 18.7 Å². The first-order chi connectivity index (χ1) is 12.0. The summed E-state index contributed by atoms with van der Waals surface area (Å²) in [6, 6.07) is 12.9. The lowest BCUT2D eigenvalue weighted by Gasteiger charge is -2.15. The van der Waals surface area contributed by atoms with Gasteiger partial charge in [0.25, 0.3) is 5.56 Å². The molecule has 3 rings (SSSR count). The van der Waals surface area contributed by atoms with E-state index in [4.69, 9.17) is 4.74 Å². The van der Waals surface area contributed by atoms with Gasteiger partial charge < -0.3 is 14.4 Å². The minimum Gasteiger partial charge on any atom is -0.502 e. The van der Waals surface area contributed by atoms with Crippen LogP contribution in [0, 0.1) is 5.82 Å². The molecule has 0 bridgehead atoms. The monoisotopic (exact) mass is 341 g/mol. The number of esters is 1. The molecule has 1 N–H and O–H groups in total. The van der Waals surface area contributed by atoms with Gasteiger partial charge in [-0.05, 0) is 30.7 Å². The first-order valence-electron chi connectivity index (χ1n) is 7.79. The number of hydrogen-bond acceptors (Lipinski definition) is 4. The molecule has 0 saturated carbocycles. The second kappa shape index (κ2) is 6.76. The van der Waals surface area contributed by atoms with Gasteiger partial charge in [0.15, 0.2) is 5.75 Å². The highest BCUT2D eigenvalue weighted by Gasteiger charge is 2.23. The van der Waals surface area contributed by atoms with Crippen molar-refractivity contribution in [3.05, 3.63) is 75.8 Å². The minimum absolute atomic E-state index is 0.0716. The highest BCUT2D eigenvalue weighted by Crippen LogP contribution is 2.26. The highest BCUT2D eigenvalue weighted by atomic mass is 19.1. The van der Waals surface area contributed by atoms with Crippen LogP contribution in [0.4, 0.5) is 4.39 Å². The SMILES string of the molecule is CCOC(=O)c1c(O)c(=O)n(Cc2ccccc2)c2ccc(F)cc12. The normalized spacial score (nSPS) is 10.8. The first-order valence-corrected chi connectivity index (χ1v) is 7.79. The molecular weight excluding hydrogens is 325 g/mol. The van der Waals surface area contributed by atoms with Crippen LogP contribution >= 0.6 is 0 Å². The average molecular weight is 341 g/mol. The third-order valence-electron chi connectivity index (χ3n) is 3.87. The summed E-state index contributed by atoms with van der Waals surface area (Å²) in [6.07, 6.45) is 0. The van der Waals surface area contributed by atoms with Gasteiger partial charge in [-0.2, -0.15) is 0 Å². The summed E-state index contributed by atoms with van der Waals surface area (Å²) in [5.41, 5.74) is 0.131. The Morgan fingerprint density at radius 2 is 1.92 bits per heavy atom. The van der Waals surface area contributed by atoms with Crippen LogP contribution < -0.4 is 5.56 Å². The van der Waals surface area contributed by atoms with Crippen molar-refractivity contribution < 1.29 is 19.0 Å². The molecule has 0 radical (unpaired) electrons. The molecule has 5 nitrogen and oxygen atoms in total. The number of nitrogens with zero attached hydrogens (tertiary/aromatic N) is 1. The lowest BCUT2D eigenvalue weighted by molar-refractivity contribution is 0.0525. The molecule has 0 aliphatic rings. The van der Waals surface area contributed by atoms with Crippen LogP contribution in [0.2, 0.25) is 0 Å². The van der Waals surface area contributed by atoms with Crippen molar-refractivity contribution in [2.45, 2.75) is 13.5 Å². The predicted molar refractivity (Wildman–Crippen MR) is 91.3 cm³/mol. The molecule has 25 heavy (non-hydrogen) atoms. The van der Waals surface area contributed by atoms with E-state index in [9.17, 15) is 19.1 Å². The van der Waals surface area contributed by atoms with Crippen molar-refractivity contribution in [3.8, 4) is 5.75 Å². The molecule has 0 unspecified atom stereocenters. The molecule has 0 aliphatic heterocycles. The molecule has 6 heteroatoms. The van der Waals surface area contributed by atoms with Crippen molar-refractivity contribution in [2.75, 3.05) is 6.61 Å². The van der Waals surface area contributed by atoms with Gasteiger partial charge in [-0.3, -0.25) is 4.79 Å². The van der Waals surface area contributed by atoms with Crippen LogP contribution in [0.3, 0.4) is 0 Å². The maximum atomic E-state index is 13.7. The molecule has 1 heterocycles. The minimum atomic E-state index is -0.862. The second-order valence-electron chi connectivity index (χ2n) is 5.48. The van der Waals surface area contributed by atoms with E-state index in [0.29, 0.717) is 5.52 Å². The van der Waals surface area contributed by atoms with Gasteiger partial charge in [0.2, 0.25) is 0 Å². The van der Waals surface area contributed by atoms with E-state index in [1.54, 1.807) is 6.92 Å². The maximum absolute atomic E-state index is 13.7. The predicted octanol–water partition coefficient (Wildman–Crippen LogP) is 3.07. The molecule has 0 spiro atoms. The summed E-state index contributed by atoms with van der Waals surface area (Å²) in [4.78, 5) is 24.8. The number of aromatic nitrogens is 1. The molecule has 2 aromatic carbocycles. The molecule has 0 aliphatic carbocycles. The summed E-state index contributed by atoms with van der Waals surface area (Å²) in [5.74, 6) is -2.19. The van der Waals surface area contributed by atoms with E-state index >= 15 is 0 Å². The Balaban J connectivity index is 2.29. The first kappa shape index (κ1) is 16.7. The van der Waals surface area contributed by atoms with Gasteiger partial charge >= 0.3 is 5.97 Å². The van der Waals surface area contributed by atoms with Crippen molar-refractivity contribution >= 4 is 16.9 Å². The topological polar surface area (TPSA) is 68.5 Å².